The van der Waals surface area contributed by atoms with Crippen LogP contribution < -0.4 is 14.8 Å². The average Bonchev–Trinajstić information content (AvgIpc) is 2.91. The van der Waals surface area contributed by atoms with Crippen LogP contribution in [0.3, 0.4) is 0 Å². The normalized spacial score (nSPS) is 24.9. The first kappa shape index (κ1) is 19.3. The largest absolute Gasteiger partial charge is 0.495 e. The van der Waals surface area contributed by atoms with Crippen molar-refractivity contribution in [3.8, 4) is 11.5 Å². The Kier molecular flexibility index (Phi) is 6.39. The molecule has 7 heteroatoms. The quantitative estimate of drug-likeness (QED) is 0.814. The van der Waals surface area contributed by atoms with Crippen molar-refractivity contribution in [2.24, 2.45) is 0 Å². The first-order valence-corrected chi connectivity index (χ1v) is 8.77. The first-order chi connectivity index (χ1) is 11.0. The molecular weight excluding hydrogens is 396 g/mol. The van der Waals surface area contributed by atoms with Gasteiger partial charge in [-0.05, 0) is 53.7 Å². The van der Waals surface area contributed by atoms with E-state index in [1.165, 1.54) is 12.8 Å². The van der Waals surface area contributed by atoms with Crippen molar-refractivity contribution in [1.29, 1.82) is 0 Å². The number of carbonyl (C=O) groups is 1. The molecule has 0 aliphatic carbocycles. The van der Waals surface area contributed by atoms with Crippen LogP contribution in [0.2, 0.25) is 0 Å². The summed E-state index contributed by atoms with van der Waals surface area (Å²) in [6.45, 7) is 0. The van der Waals surface area contributed by atoms with E-state index < -0.39 is 0 Å². The maximum absolute atomic E-state index is 12.9. The van der Waals surface area contributed by atoms with Gasteiger partial charge >= 0.3 is 0 Å². The fraction of sp³-hybridized carbons (Fsp3) is 0.588. The number of methoxy groups -OCH3 is 2. The van der Waals surface area contributed by atoms with E-state index >= 15 is 0 Å². The van der Waals surface area contributed by atoms with Crippen molar-refractivity contribution in [2.75, 3.05) is 21.3 Å². The highest BCUT2D eigenvalue weighted by Crippen LogP contribution is 2.36. The molecule has 1 amide bonds. The van der Waals surface area contributed by atoms with Gasteiger partial charge in [-0.2, -0.15) is 0 Å². The molecule has 134 valence electrons. The zero-order valence-electron chi connectivity index (χ0n) is 14.2. The lowest BCUT2D eigenvalue weighted by Crippen LogP contribution is -2.48. The number of carbonyl (C=O) groups excluding carboxylic acids is 1. The second-order valence-electron chi connectivity index (χ2n) is 6.37. The number of halogens is 2. The number of amides is 1. The molecule has 2 aliphatic rings. The third kappa shape index (κ3) is 3.65. The fourth-order valence-electron chi connectivity index (χ4n) is 3.71. The molecular formula is C17H24BrClN2O3. The first-order valence-electron chi connectivity index (χ1n) is 7.98. The molecule has 2 unspecified atom stereocenters. The molecule has 0 aromatic heterocycles. The Labute approximate surface area is 157 Å². The lowest BCUT2D eigenvalue weighted by molar-refractivity contribution is 0.0681. The summed E-state index contributed by atoms with van der Waals surface area (Å²) in [5.74, 6) is 1.22. The standard InChI is InChI=1S/C17H23BrN2O3.ClH/c1-20(13-8-11-4-5-12(9-13)19-11)17(21)10-6-14(22-2)16(18)15(7-10)23-3;/h6-7,11-13,19H,4-5,8-9H2,1-3H3;1H. The van der Waals surface area contributed by atoms with Crippen LogP contribution in [0.15, 0.2) is 16.6 Å². The van der Waals surface area contributed by atoms with E-state index in [0.29, 0.717) is 35.2 Å². The summed E-state index contributed by atoms with van der Waals surface area (Å²) in [6, 6.07) is 4.94. The second kappa shape index (κ2) is 7.93. The van der Waals surface area contributed by atoms with Gasteiger partial charge in [-0.15, -0.1) is 12.4 Å². The van der Waals surface area contributed by atoms with Gasteiger partial charge in [0.2, 0.25) is 0 Å². The zero-order chi connectivity index (χ0) is 16.6. The van der Waals surface area contributed by atoms with E-state index in [4.69, 9.17) is 9.47 Å². The summed E-state index contributed by atoms with van der Waals surface area (Å²) < 4.78 is 11.4. The van der Waals surface area contributed by atoms with Crippen molar-refractivity contribution in [3.05, 3.63) is 22.2 Å². The Morgan fingerprint density at radius 3 is 2.12 bits per heavy atom. The summed E-state index contributed by atoms with van der Waals surface area (Å²) in [7, 11) is 5.07. The Morgan fingerprint density at radius 1 is 1.17 bits per heavy atom. The minimum absolute atomic E-state index is 0. The Hall–Kier alpha value is -0.980. The van der Waals surface area contributed by atoms with Crippen molar-refractivity contribution >= 4 is 34.2 Å². The molecule has 2 fully saturated rings. The van der Waals surface area contributed by atoms with Gasteiger partial charge in [-0.3, -0.25) is 4.79 Å². The van der Waals surface area contributed by atoms with Gasteiger partial charge in [-0.25, -0.2) is 0 Å². The lowest BCUT2D eigenvalue weighted by Gasteiger charge is -2.35. The van der Waals surface area contributed by atoms with E-state index in [9.17, 15) is 4.79 Å². The highest BCUT2D eigenvalue weighted by Gasteiger charge is 2.36. The Morgan fingerprint density at radius 2 is 1.67 bits per heavy atom. The van der Waals surface area contributed by atoms with Crippen molar-refractivity contribution in [3.63, 3.8) is 0 Å². The number of hydrogen-bond acceptors (Lipinski definition) is 4. The van der Waals surface area contributed by atoms with Gasteiger partial charge in [0.25, 0.3) is 5.91 Å². The predicted molar refractivity (Wildman–Crippen MR) is 99.6 cm³/mol. The zero-order valence-corrected chi connectivity index (χ0v) is 16.6. The number of nitrogens with zero attached hydrogens (tertiary/aromatic N) is 1. The highest BCUT2D eigenvalue weighted by molar-refractivity contribution is 9.10. The highest BCUT2D eigenvalue weighted by atomic mass is 79.9. The van der Waals surface area contributed by atoms with Gasteiger partial charge < -0.3 is 19.7 Å². The number of fused-ring (bicyclic) bond motifs is 2. The molecule has 0 radical (unpaired) electrons. The summed E-state index contributed by atoms with van der Waals surface area (Å²) in [5, 5.41) is 3.61. The smallest absolute Gasteiger partial charge is 0.254 e. The third-order valence-electron chi connectivity index (χ3n) is 5.01. The van der Waals surface area contributed by atoms with E-state index in [-0.39, 0.29) is 18.3 Å². The molecule has 3 rings (SSSR count). The molecule has 2 heterocycles. The molecule has 0 saturated carbocycles. The number of rotatable bonds is 4. The molecule has 1 aromatic rings. The van der Waals surface area contributed by atoms with Crippen LogP contribution in [0, 0.1) is 0 Å². The fourth-order valence-corrected chi connectivity index (χ4v) is 4.26. The molecule has 1 aromatic carbocycles. The topological polar surface area (TPSA) is 50.8 Å². The van der Waals surface area contributed by atoms with Gasteiger partial charge in [0, 0.05) is 30.7 Å². The van der Waals surface area contributed by atoms with Crippen LogP contribution in [0.25, 0.3) is 0 Å². The van der Waals surface area contributed by atoms with Crippen LogP contribution >= 0.6 is 28.3 Å². The minimum atomic E-state index is 0. The predicted octanol–water partition coefficient (Wildman–Crippen LogP) is 3.24. The average molecular weight is 420 g/mol. The molecule has 2 aliphatic heterocycles. The Balaban J connectivity index is 0.00000208. The van der Waals surface area contributed by atoms with Crippen molar-refractivity contribution < 1.29 is 14.3 Å². The summed E-state index contributed by atoms with van der Waals surface area (Å²) in [4.78, 5) is 14.8. The van der Waals surface area contributed by atoms with Gasteiger partial charge in [0.05, 0.1) is 14.2 Å². The van der Waals surface area contributed by atoms with Crippen LogP contribution in [-0.2, 0) is 0 Å². The molecule has 24 heavy (non-hydrogen) atoms. The third-order valence-corrected chi connectivity index (χ3v) is 5.79. The van der Waals surface area contributed by atoms with Gasteiger partial charge in [-0.1, -0.05) is 0 Å². The number of nitrogens with one attached hydrogen (secondary N) is 1. The van der Waals surface area contributed by atoms with Crippen LogP contribution in [-0.4, -0.2) is 50.2 Å². The second-order valence-corrected chi connectivity index (χ2v) is 7.17. The summed E-state index contributed by atoms with van der Waals surface area (Å²) in [6.07, 6.45) is 4.51. The molecule has 2 atom stereocenters. The maximum Gasteiger partial charge on any atom is 0.254 e. The molecule has 5 nitrogen and oxygen atoms in total. The van der Waals surface area contributed by atoms with Crippen LogP contribution in [0.5, 0.6) is 11.5 Å². The van der Waals surface area contributed by atoms with Gasteiger partial charge in [0.1, 0.15) is 16.0 Å². The Bertz CT molecular complexity index is 576. The number of piperidine rings is 1. The number of benzene rings is 1. The molecule has 2 bridgehead atoms. The van der Waals surface area contributed by atoms with Gasteiger partial charge in [0.15, 0.2) is 0 Å². The molecule has 0 spiro atoms. The summed E-state index contributed by atoms with van der Waals surface area (Å²) >= 11 is 3.44. The number of ether oxygens (including phenoxy) is 2. The molecule has 1 N–H and O–H groups in total. The van der Waals surface area contributed by atoms with E-state index in [1.807, 2.05) is 11.9 Å². The maximum atomic E-state index is 12.9. The summed E-state index contributed by atoms with van der Waals surface area (Å²) in [5.41, 5.74) is 0.593. The van der Waals surface area contributed by atoms with E-state index in [2.05, 4.69) is 21.2 Å². The van der Waals surface area contributed by atoms with Crippen molar-refractivity contribution in [2.45, 2.75) is 43.8 Å². The SMILES string of the molecule is COc1cc(C(=O)N(C)C2CC3CCC(C2)N3)cc(OC)c1Br.Cl. The number of hydrogen-bond donors (Lipinski definition) is 1. The van der Waals surface area contributed by atoms with Crippen molar-refractivity contribution in [1.82, 2.24) is 10.2 Å². The van der Waals surface area contributed by atoms with E-state index in [0.717, 1.165) is 17.3 Å². The molecule has 2 saturated heterocycles. The minimum Gasteiger partial charge on any atom is -0.495 e. The van der Waals surface area contributed by atoms with Crippen LogP contribution in [0.1, 0.15) is 36.0 Å². The lowest BCUT2D eigenvalue weighted by atomic mass is 9.98. The monoisotopic (exact) mass is 418 g/mol. The van der Waals surface area contributed by atoms with E-state index in [1.54, 1.807) is 26.4 Å². The van der Waals surface area contributed by atoms with Crippen LogP contribution in [0.4, 0.5) is 0 Å².